The molecule has 1 heterocycles. The Labute approximate surface area is 176 Å². The minimum Gasteiger partial charge on any atom is -0.332 e. The topological polar surface area (TPSA) is 41.9 Å². The zero-order valence-electron chi connectivity index (χ0n) is 14.1. The molecule has 0 unspecified atom stereocenters. The number of aryl methyl sites for hydroxylation is 1. The third-order valence-corrected chi connectivity index (χ3v) is 5.07. The molecular formula is C18H14Cl3FN4S. The van der Waals surface area contributed by atoms with E-state index in [0.29, 0.717) is 37.2 Å². The van der Waals surface area contributed by atoms with Gasteiger partial charge in [0, 0.05) is 28.0 Å². The van der Waals surface area contributed by atoms with Crippen molar-refractivity contribution in [2.45, 2.75) is 13.5 Å². The van der Waals surface area contributed by atoms with E-state index in [4.69, 9.17) is 47.0 Å². The lowest BCUT2D eigenvalue weighted by Crippen LogP contribution is -2.19. The summed E-state index contributed by atoms with van der Waals surface area (Å²) in [5.41, 5.74) is 1.90. The van der Waals surface area contributed by atoms with Crippen LogP contribution in [0, 0.1) is 12.7 Å². The van der Waals surface area contributed by atoms with Crippen LogP contribution in [0.1, 0.15) is 11.3 Å². The molecule has 0 saturated carbocycles. The highest BCUT2D eigenvalue weighted by molar-refractivity contribution is 7.80. The largest absolute Gasteiger partial charge is 0.332 e. The van der Waals surface area contributed by atoms with Gasteiger partial charge in [-0.2, -0.15) is 5.10 Å². The Morgan fingerprint density at radius 1 is 1.07 bits per heavy atom. The van der Waals surface area contributed by atoms with E-state index in [-0.39, 0.29) is 12.4 Å². The summed E-state index contributed by atoms with van der Waals surface area (Å²) in [6.07, 6.45) is 0. The Morgan fingerprint density at radius 2 is 1.85 bits per heavy atom. The minimum atomic E-state index is -0.372. The molecule has 2 N–H and O–H groups in total. The normalized spacial score (nSPS) is 10.7. The Kier molecular flexibility index (Phi) is 6.22. The molecule has 0 amide bonds. The fourth-order valence-electron chi connectivity index (χ4n) is 2.42. The molecule has 1 aromatic heterocycles. The molecule has 9 heteroatoms. The first-order valence-corrected chi connectivity index (χ1v) is 9.38. The van der Waals surface area contributed by atoms with Gasteiger partial charge in [-0.05, 0) is 49.5 Å². The summed E-state index contributed by atoms with van der Waals surface area (Å²) in [6.45, 7) is 2.08. The predicted octanol–water partition coefficient (Wildman–Crippen LogP) is 6.15. The maximum Gasteiger partial charge on any atom is 0.176 e. The molecule has 0 aliphatic rings. The number of nitrogens with zero attached hydrogens (tertiary/aromatic N) is 2. The molecule has 27 heavy (non-hydrogen) atoms. The number of benzene rings is 2. The van der Waals surface area contributed by atoms with Gasteiger partial charge in [0.15, 0.2) is 10.9 Å². The van der Waals surface area contributed by atoms with Crippen LogP contribution in [0.25, 0.3) is 0 Å². The molecule has 140 valence electrons. The number of nitrogens with one attached hydrogen (secondary N) is 2. The molecule has 0 atom stereocenters. The lowest BCUT2D eigenvalue weighted by molar-refractivity contribution is 0.581. The Balaban J connectivity index is 1.70. The van der Waals surface area contributed by atoms with Crippen LogP contribution in [0.4, 0.5) is 15.9 Å². The first kappa shape index (κ1) is 19.9. The number of hydrogen-bond donors (Lipinski definition) is 2. The molecule has 0 aliphatic carbocycles. The Morgan fingerprint density at radius 3 is 2.56 bits per heavy atom. The molecule has 0 spiro atoms. The Bertz CT molecular complexity index is 986. The number of rotatable bonds is 4. The Hall–Kier alpha value is -1.86. The molecule has 3 aromatic rings. The monoisotopic (exact) mass is 442 g/mol. The fraction of sp³-hybridized carbons (Fsp3) is 0.111. The summed E-state index contributed by atoms with van der Waals surface area (Å²) in [5, 5.41) is 12.0. The van der Waals surface area contributed by atoms with Crippen LogP contribution in [0.3, 0.4) is 0 Å². The number of halogens is 4. The van der Waals surface area contributed by atoms with Crippen molar-refractivity contribution >= 4 is 63.6 Å². The van der Waals surface area contributed by atoms with E-state index in [9.17, 15) is 4.39 Å². The second-order valence-electron chi connectivity index (χ2n) is 5.74. The predicted molar refractivity (Wildman–Crippen MR) is 114 cm³/mol. The second kappa shape index (κ2) is 8.44. The van der Waals surface area contributed by atoms with Crippen LogP contribution in [-0.2, 0) is 6.54 Å². The van der Waals surface area contributed by atoms with Crippen molar-refractivity contribution in [2.24, 2.45) is 0 Å². The van der Waals surface area contributed by atoms with Crippen molar-refractivity contribution in [3.8, 4) is 0 Å². The number of anilines is 2. The summed E-state index contributed by atoms with van der Waals surface area (Å²) >= 11 is 23.3. The molecule has 0 aliphatic heterocycles. The van der Waals surface area contributed by atoms with Gasteiger partial charge in [0.2, 0.25) is 0 Å². The van der Waals surface area contributed by atoms with Crippen LogP contribution in [0.5, 0.6) is 0 Å². The van der Waals surface area contributed by atoms with E-state index in [0.717, 1.165) is 5.69 Å². The highest BCUT2D eigenvalue weighted by Crippen LogP contribution is 2.25. The molecule has 2 aromatic carbocycles. The smallest absolute Gasteiger partial charge is 0.176 e. The zero-order chi connectivity index (χ0) is 19.6. The van der Waals surface area contributed by atoms with E-state index >= 15 is 0 Å². The summed E-state index contributed by atoms with van der Waals surface area (Å²) in [7, 11) is 0. The van der Waals surface area contributed by atoms with Gasteiger partial charge in [-0.3, -0.25) is 4.68 Å². The summed E-state index contributed by atoms with van der Waals surface area (Å²) in [4.78, 5) is 0. The quantitative estimate of drug-likeness (QED) is 0.475. The molecule has 0 radical (unpaired) electrons. The number of aromatic nitrogens is 2. The van der Waals surface area contributed by atoms with E-state index in [1.54, 1.807) is 41.1 Å². The molecule has 4 nitrogen and oxygen atoms in total. The average Bonchev–Trinajstić information content (AvgIpc) is 2.93. The van der Waals surface area contributed by atoms with E-state index in [1.807, 2.05) is 6.92 Å². The number of hydrogen-bond acceptors (Lipinski definition) is 2. The van der Waals surface area contributed by atoms with Crippen molar-refractivity contribution in [1.29, 1.82) is 0 Å². The molecule has 0 bridgehead atoms. The molecule has 0 saturated heterocycles. The van der Waals surface area contributed by atoms with Crippen LogP contribution >= 0.6 is 47.0 Å². The maximum atomic E-state index is 14.0. The van der Waals surface area contributed by atoms with Crippen LogP contribution < -0.4 is 10.6 Å². The zero-order valence-corrected chi connectivity index (χ0v) is 17.1. The average molecular weight is 444 g/mol. The summed E-state index contributed by atoms with van der Waals surface area (Å²) in [6, 6.07) is 11.5. The lowest BCUT2D eigenvalue weighted by atomic mass is 10.2. The van der Waals surface area contributed by atoms with Crippen molar-refractivity contribution in [2.75, 3.05) is 10.6 Å². The van der Waals surface area contributed by atoms with E-state index in [2.05, 4.69) is 15.7 Å². The van der Waals surface area contributed by atoms with Gasteiger partial charge in [0.1, 0.15) is 5.82 Å². The highest BCUT2D eigenvalue weighted by Gasteiger charge is 2.12. The van der Waals surface area contributed by atoms with Crippen molar-refractivity contribution < 1.29 is 4.39 Å². The minimum absolute atomic E-state index is 0.214. The van der Waals surface area contributed by atoms with Gasteiger partial charge in [0.05, 0.1) is 16.6 Å². The fourth-order valence-corrected chi connectivity index (χ4v) is 3.16. The second-order valence-corrected chi connectivity index (χ2v) is 7.37. The maximum absolute atomic E-state index is 14.0. The first-order valence-electron chi connectivity index (χ1n) is 7.84. The van der Waals surface area contributed by atoms with Gasteiger partial charge in [0.25, 0.3) is 0 Å². The van der Waals surface area contributed by atoms with Crippen LogP contribution in [0.2, 0.25) is 15.1 Å². The third-order valence-electron chi connectivity index (χ3n) is 3.77. The number of thiocarbonyl (C=S) groups is 1. The third kappa shape index (κ3) is 4.90. The van der Waals surface area contributed by atoms with E-state index < -0.39 is 0 Å². The summed E-state index contributed by atoms with van der Waals surface area (Å²) in [5.74, 6) is 0.154. The molecule has 0 fully saturated rings. The van der Waals surface area contributed by atoms with Gasteiger partial charge >= 0.3 is 0 Å². The molecule has 3 rings (SSSR count). The SMILES string of the molecule is Cc1cc(NC(=S)Nc2ccc(Cl)c(Cl)c2)nn1Cc1c(F)cccc1Cl. The van der Waals surface area contributed by atoms with Crippen LogP contribution in [-0.4, -0.2) is 14.9 Å². The van der Waals surface area contributed by atoms with Gasteiger partial charge in [-0.1, -0.05) is 40.9 Å². The van der Waals surface area contributed by atoms with Crippen molar-refractivity contribution in [3.05, 3.63) is 74.6 Å². The van der Waals surface area contributed by atoms with Crippen molar-refractivity contribution in [3.63, 3.8) is 0 Å². The lowest BCUT2D eigenvalue weighted by Gasteiger charge is -2.10. The highest BCUT2D eigenvalue weighted by atomic mass is 35.5. The van der Waals surface area contributed by atoms with Gasteiger partial charge in [-0.25, -0.2) is 4.39 Å². The van der Waals surface area contributed by atoms with Crippen molar-refractivity contribution in [1.82, 2.24) is 9.78 Å². The first-order chi connectivity index (χ1) is 12.8. The van der Waals surface area contributed by atoms with Gasteiger partial charge in [-0.15, -0.1) is 0 Å². The van der Waals surface area contributed by atoms with Gasteiger partial charge < -0.3 is 10.6 Å². The van der Waals surface area contributed by atoms with E-state index in [1.165, 1.54) is 6.07 Å². The summed E-state index contributed by atoms with van der Waals surface area (Å²) < 4.78 is 15.6. The molecular weight excluding hydrogens is 430 g/mol. The standard InChI is InChI=1S/C18H14Cl3FN4S/c1-10-7-17(24-18(27)23-11-5-6-14(20)15(21)8-11)25-26(10)9-12-13(19)3-2-4-16(12)22/h2-8H,9H2,1H3,(H2,23,24,25,27). The van der Waals surface area contributed by atoms with Crippen LogP contribution in [0.15, 0.2) is 42.5 Å².